The molecule has 1 aromatic carbocycles. The summed E-state index contributed by atoms with van der Waals surface area (Å²) >= 11 is 0. The maximum absolute atomic E-state index is 12.7. The highest BCUT2D eigenvalue weighted by molar-refractivity contribution is 5.47. The van der Waals surface area contributed by atoms with Gasteiger partial charge in [-0.2, -0.15) is 5.26 Å². The molecule has 1 aromatic rings. The number of halogens is 1. The third-order valence-electron chi connectivity index (χ3n) is 2.36. The minimum absolute atomic E-state index is 0.282. The zero-order valence-electron chi connectivity index (χ0n) is 9.33. The smallest absolute Gasteiger partial charge is 0.123 e. The van der Waals surface area contributed by atoms with Gasteiger partial charge < -0.3 is 5.32 Å². The van der Waals surface area contributed by atoms with Crippen molar-refractivity contribution in [2.24, 2.45) is 0 Å². The third kappa shape index (κ3) is 3.39. The maximum Gasteiger partial charge on any atom is 0.123 e. The number of rotatable bonds is 5. The van der Waals surface area contributed by atoms with E-state index in [1.54, 1.807) is 18.2 Å². The Kier molecular flexibility index (Phi) is 4.07. The number of allylic oxidation sites excluding steroid dienone is 1. The second kappa shape index (κ2) is 5.32. The van der Waals surface area contributed by atoms with Crippen molar-refractivity contribution in [3.05, 3.63) is 42.7 Å². The van der Waals surface area contributed by atoms with Crippen LogP contribution in [0.1, 0.15) is 19.8 Å². The van der Waals surface area contributed by atoms with Gasteiger partial charge in [0.2, 0.25) is 0 Å². The van der Waals surface area contributed by atoms with Gasteiger partial charge in [-0.3, -0.25) is 0 Å². The highest BCUT2D eigenvalue weighted by Gasteiger charge is 2.22. The molecule has 0 aliphatic heterocycles. The summed E-state index contributed by atoms with van der Waals surface area (Å²) in [5.41, 5.74) is 0.0981. The molecule has 0 radical (unpaired) electrons. The van der Waals surface area contributed by atoms with Crippen LogP contribution in [0, 0.1) is 17.1 Å². The highest BCUT2D eigenvalue weighted by Crippen LogP contribution is 2.19. The molecule has 0 spiro atoms. The first-order valence-electron chi connectivity index (χ1n) is 5.15. The van der Waals surface area contributed by atoms with Crippen LogP contribution in [0.15, 0.2) is 36.9 Å². The molecule has 16 heavy (non-hydrogen) atoms. The molecule has 3 heteroatoms. The summed E-state index contributed by atoms with van der Waals surface area (Å²) in [7, 11) is 0. The summed E-state index contributed by atoms with van der Waals surface area (Å²) in [5.74, 6) is -0.282. The Morgan fingerprint density at radius 1 is 1.50 bits per heavy atom. The summed E-state index contributed by atoms with van der Waals surface area (Å²) in [5, 5.41) is 12.2. The van der Waals surface area contributed by atoms with Gasteiger partial charge in [0.05, 0.1) is 6.07 Å². The Balaban J connectivity index is 2.73. The number of hydrogen-bond acceptors (Lipinski definition) is 2. The fourth-order valence-electron chi connectivity index (χ4n) is 1.39. The number of nitrogens with zero attached hydrogens (tertiary/aromatic N) is 1. The van der Waals surface area contributed by atoms with Crippen LogP contribution in [-0.4, -0.2) is 5.54 Å². The summed E-state index contributed by atoms with van der Waals surface area (Å²) in [6, 6.07) is 8.21. The van der Waals surface area contributed by atoms with Crippen molar-refractivity contribution in [1.82, 2.24) is 0 Å². The van der Waals surface area contributed by atoms with Crippen molar-refractivity contribution < 1.29 is 4.39 Å². The van der Waals surface area contributed by atoms with Gasteiger partial charge in [0.1, 0.15) is 11.4 Å². The average Bonchev–Trinajstić information content (AvgIpc) is 2.30. The van der Waals surface area contributed by atoms with Gasteiger partial charge in [-0.15, -0.1) is 6.58 Å². The maximum atomic E-state index is 12.7. The van der Waals surface area contributed by atoms with E-state index < -0.39 is 5.54 Å². The van der Waals surface area contributed by atoms with Crippen LogP contribution in [0.4, 0.5) is 10.1 Å². The van der Waals surface area contributed by atoms with E-state index in [9.17, 15) is 4.39 Å². The van der Waals surface area contributed by atoms with Crippen molar-refractivity contribution >= 4 is 5.69 Å². The van der Waals surface area contributed by atoms with Crippen LogP contribution in [0.5, 0.6) is 0 Å². The Bertz CT molecular complexity index is 391. The van der Waals surface area contributed by atoms with Crippen molar-refractivity contribution in [1.29, 1.82) is 5.26 Å². The zero-order valence-corrected chi connectivity index (χ0v) is 9.33. The van der Waals surface area contributed by atoms with Gasteiger partial charge in [0, 0.05) is 5.69 Å². The van der Waals surface area contributed by atoms with E-state index >= 15 is 0 Å². The molecular weight excluding hydrogens is 203 g/mol. The molecule has 84 valence electrons. The van der Waals surface area contributed by atoms with Gasteiger partial charge >= 0.3 is 0 Å². The van der Waals surface area contributed by atoms with E-state index in [1.165, 1.54) is 12.1 Å². The van der Waals surface area contributed by atoms with Gasteiger partial charge in [-0.25, -0.2) is 4.39 Å². The largest absolute Gasteiger partial charge is 0.368 e. The van der Waals surface area contributed by atoms with Gasteiger partial charge in [0.15, 0.2) is 0 Å². The highest BCUT2D eigenvalue weighted by atomic mass is 19.1. The van der Waals surface area contributed by atoms with E-state index in [4.69, 9.17) is 5.26 Å². The van der Waals surface area contributed by atoms with Crippen molar-refractivity contribution in [3.8, 4) is 6.07 Å². The van der Waals surface area contributed by atoms with Crippen molar-refractivity contribution in [3.63, 3.8) is 0 Å². The van der Waals surface area contributed by atoms with Crippen molar-refractivity contribution in [2.75, 3.05) is 5.32 Å². The lowest BCUT2D eigenvalue weighted by atomic mass is 9.97. The summed E-state index contributed by atoms with van der Waals surface area (Å²) < 4.78 is 12.7. The van der Waals surface area contributed by atoms with E-state index in [2.05, 4.69) is 18.0 Å². The number of nitrogens with one attached hydrogen (secondary N) is 1. The zero-order chi connectivity index (χ0) is 12.0. The first-order valence-corrected chi connectivity index (χ1v) is 5.15. The lowest BCUT2D eigenvalue weighted by molar-refractivity contribution is 0.595. The second-order valence-corrected chi connectivity index (χ2v) is 3.90. The van der Waals surface area contributed by atoms with Crippen LogP contribution in [0.25, 0.3) is 0 Å². The average molecular weight is 218 g/mol. The Labute approximate surface area is 95.4 Å². The number of hydrogen-bond donors (Lipinski definition) is 1. The van der Waals surface area contributed by atoms with Gasteiger partial charge in [-0.05, 0) is 44.0 Å². The van der Waals surface area contributed by atoms with Crippen LogP contribution < -0.4 is 5.32 Å². The molecule has 0 bridgehead atoms. The molecule has 0 saturated carbocycles. The van der Waals surface area contributed by atoms with Crippen LogP contribution >= 0.6 is 0 Å². The Morgan fingerprint density at radius 2 is 2.12 bits per heavy atom. The van der Waals surface area contributed by atoms with E-state index in [0.29, 0.717) is 6.42 Å². The van der Waals surface area contributed by atoms with E-state index in [0.717, 1.165) is 12.1 Å². The predicted molar refractivity (Wildman–Crippen MR) is 63.5 cm³/mol. The fourth-order valence-corrected chi connectivity index (χ4v) is 1.39. The van der Waals surface area contributed by atoms with Crippen molar-refractivity contribution in [2.45, 2.75) is 25.3 Å². The van der Waals surface area contributed by atoms with Gasteiger partial charge in [0.25, 0.3) is 0 Å². The predicted octanol–water partition coefficient (Wildman–Crippen LogP) is 3.49. The van der Waals surface area contributed by atoms with Crippen LogP contribution in [0.2, 0.25) is 0 Å². The molecule has 1 N–H and O–H groups in total. The van der Waals surface area contributed by atoms with Gasteiger partial charge in [-0.1, -0.05) is 6.08 Å². The number of benzene rings is 1. The molecule has 0 saturated heterocycles. The SMILES string of the molecule is C=CCCC(C)(C#N)Nc1ccc(F)cc1. The monoisotopic (exact) mass is 218 g/mol. The summed E-state index contributed by atoms with van der Waals surface area (Å²) in [6.07, 6.45) is 3.21. The molecule has 1 rings (SSSR count). The van der Waals surface area contributed by atoms with Crippen LogP contribution in [-0.2, 0) is 0 Å². The molecule has 0 aliphatic rings. The number of anilines is 1. The first-order chi connectivity index (χ1) is 7.59. The third-order valence-corrected chi connectivity index (χ3v) is 2.36. The molecule has 1 atom stereocenters. The first kappa shape index (κ1) is 12.3. The molecule has 0 heterocycles. The molecule has 2 nitrogen and oxygen atoms in total. The molecule has 0 aromatic heterocycles. The fraction of sp³-hybridized carbons (Fsp3) is 0.308. The normalized spacial score (nSPS) is 13.6. The molecule has 0 amide bonds. The molecule has 0 fully saturated rings. The lowest BCUT2D eigenvalue weighted by Crippen LogP contribution is -2.32. The minimum Gasteiger partial charge on any atom is -0.368 e. The number of nitriles is 1. The molecular formula is C13H15FN2. The Hall–Kier alpha value is -1.82. The molecule has 0 aliphatic carbocycles. The summed E-state index contributed by atoms with van der Waals surface area (Å²) in [4.78, 5) is 0. The van der Waals surface area contributed by atoms with E-state index in [1.807, 2.05) is 6.92 Å². The quantitative estimate of drug-likeness (QED) is 0.768. The summed E-state index contributed by atoms with van der Waals surface area (Å²) in [6.45, 7) is 5.45. The van der Waals surface area contributed by atoms with E-state index in [-0.39, 0.29) is 5.82 Å². The molecule has 1 unspecified atom stereocenters. The minimum atomic E-state index is -0.647. The lowest BCUT2D eigenvalue weighted by Gasteiger charge is -2.23. The second-order valence-electron chi connectivity index (χ2n) is 3.90. The topological polar surface area (TPSA) is 35.8 Å². The standard InChI is InChI=1S/C13H15FN2/c1-3-4-9-13(2,10-15)16-12-7-5-11(14)6-8-12/h3,5-8,16H,1,4,9H2,2H3. The Morgan fingerprint density at radius 3 is 2.62 bits per heavy atom. The van der Waals surface area contributed by atoms with Crippen LogP contribution in [0.3, 0.4) is 0 Å².